The number of hydrogen-bond acceptors (Lipinski definition) is 5. The van der Waals surface area contributed by atoms with Crippen molar-refractivity contribution in [1.82, 2.24) is 5.32 Å². The average Bonchev–Trinajstić information content (AvgIpc) is 2.66. The number of halogens is 1. The van der Waals surface area contributed by atoms with E-state index in [-0.39, 0.29) is 23.6 Å². The van der Waals surface area contributed by atoms with E-state index >= 15 is 0 Å². The van der Waals surface area contributed by atoms with E-state index in [9.17, 15) is 15.2 Å². The number of amides is 1. The number of phenols is 1. The lowest BCUT2D eigenvalue weighted by Gasteiger charge is -2.08. The van der Waals surface area contributed by atoms with Gasteiger partial charge < -0.3 is 19.9 Å². The third kappa shape index (κ3) is 4.77. The van der Waals surface area contributed by atoms with Gasteiger partial charge in [0.05, 0.1) is 14.2 Å². The van der Waals surface area contributed by atoms with Crippen LogP contribution in [0.25, 0.3) is 6.08 Å². The number of rotatable bonds is 6. The molecule has 0 aliphatic rings. The molecule has 2 rings (SSSR count). The third-order valence-corrected chi connectivity index (χ3v) is 4.26. The fourth-order valence-corrected chi connectivity index (χ4v) is 2.60. The number of carbonyl (C=O) groups is 1. The largest absolute Gasteiger partial charge is 0.504 e. The summed E-state index contributed by atoms with van der Waals surface area (Å²) in [6.07, 6.45) is 1.43. The zero-order valence-corrected chi connectivity index (χ0v) is 15.8. The average molecular weight is 417 g/mol. The molecule has 0 saturated heterocycles. The number of nitrogens with one attached hydrogen (secondary N) is 1. The quantitative estimate of drug-likeness (QED) is 0.556. The predicted molar refractivity (Wildman–Crippen MR) is 101 cm³/mol. The molecule has 6 nitrogen and oxygen atoms in total. The summed E-state index contributed by atoms with van der Waals surface area (Å²) in [6, 6.07) is 12.1. The number of phenolic OH excluding ortho intramolecular Hbond substituents is 1. The molecule has 26 heavy (non-hydrogen) atoms. The van der Waals surface area contributed by atoms with Crippen molar-refractivity contribution < 1.29 is 19.4 Å². The molecule has 134 valence electrons. The van der Waals surface area contributed by atoms with Gasteiger partial charge >= 0.3 is 0 Å². The number of methoxy groups -OCH3 is 2. The fraction of sp³-hybridized carbons (Fsp3) is 0.158. The van der Waals surface area contributed by atoms with Crippen molar-refractivity contribution in [3.63, 3.8) is 0 Å². The molecule has 0 atom stereocenters. The first-order chi connectivity index (χ1) is 12.5. The standard InChI is InChI=1S/C19H17BrN2O4/c1-25-15-5-3-12(4-6-15)11-22-19(24)14(10-21)7-13-8-18(26-2)17(23)9-16(13)20/h3-9,23H,11H2,1-2H3,(H,22,24)/b14-7-. The van der Waals surface area contributed by atoms with Gasteiger partial charge in [0, 0.05) is 11.0 Å². The molecule has 0 radical (unpaired) electrons. The van der Waals surface area contributed by atoms with Gasteiger partial charge in [-0.2, -0.15) is 5.26 Å². The van der Waals surface area contributed by atoms with Gasteiger partial charge in [0.2, 0.25) is 0 Å². The van der Waals surface area contributed by atoms with Crippen LogP contribution in [0.15, 0.2) is 46.4 Å². The molecule has 0 aromatic heterocycles. The predicted octanol–water partition coefficient (Wildman–Crippen LogP) is 3.40. The van der Waals surface area contributed by atoms with E-state index in [2.05, 4.69) is 21.2 Å². The van der Waals surface area contributed by atoms with E-state index in [1.54, 1.807) is 19.2 Å². The summed E-state index contributed by atoms with van der Waals surface area (Å²) in [5, 5.41) is 21.7. The van der Waals surface area contributed by atoms with Crippen molar-refractivity contribution in [3.8, 4) is 23.3 Å². The maximum Gasteiger partial charge on any atom is 0.262 e. The van der Waals surface area contributed by atoms with Crippen LogP contribution in [0.4, 0.5) is 0 Å². The first-order valence-electron chi connectivity index (χ1n) is 7.58. The van der Waals surface area contributed by atoms with Gasteiger partial charge in [-0.3, -0.25) is 4.79 Å². The van der Waals surface area contributed by atoms with E-state index in [1.807, 2.05) is 18.2 Å². The molecular weight excluding hydrogens is 400 g/mol. The van der Waals surface area contributed by atoms with Crippen LogP contribution in [0.5, 0.6) is 17.2 Å². The maximum absolute atomic E-state index is 12.3. The maximum atomic E-state index is 12.3. The van der Waals surface area contributed by atoms with Crippen molar-refractivity contribution in [3.05, 3.63) is 57.6 Å². The van der Waals surface area contributed by atoms with Crippen LogP contribution in [0, 0.1) is 11.3 Å². The van der Waals surface area contributed by atoms with Crippen LogP contribution in [0.2, 0.25) is 0 Å². The smallest absolute Gasteiger partial charge is 0.262 e. The van der Waals surface area contributed by atoms with Crippen LogP contribution < -0.4 is 14.8 Å². The summed E-state index contributed by atoms with van der Waals surface area (Å²) in [5.74, 6) is 0.431. The number of aromatic hydroxyl groups is 1. The SMILES string of the molecule is COc1ccc(CNC(=O)/C(C#N)=C\c2cc(OC)c(O)cc2Br)cc1. The van der Waals surface area contributed by atoms with E-state index in [4.69, 9.17) is 9.47 Å². The lowest BCUT2D eigenvalue weighted by Crippen LogP contribution is -2.23. The van der Waals surface area contributed by atoms with Gasteiger partial charge in [-0.1, -0.05) is 28.1 Å². The van der Waals surface area contributed by atoms with Crippen molar-refractivity contribution in [2.75, 3.05) is 14.2 Å². The van der Waals surface area contributed by atoms with Crippen LogP contribution >= 0.6 is 15.9 Å². The Balaban J connectivity index is 2.15. The van der Waals surface area contributed by atoms with Gasteiger partial charge in [0.1, 0.15) is 17.4 Å². The van der Waals surface area contributed by atoms with E-state index in [1.165, 1.54) is 25.3 Å². The highest BCUT2D eigenvalue weighted by atomic mass is 79.9. The Morgan fingerprint density at radius 1 is 1.27 bits per heavy atom. The number of nitrogens with zero attached hydrogens (tertiary/aromatic N) is 1. The summed E-state index contributed by atoms with van der Waals surface area (Å²) < 4.78 is 10.7. The second-order valence-corrected chi connectivity index (χ2v) is 6.10. The highest BCUT2D eigenvalue weighted by Crippen LogP contribution is 2.33. The second kappa shape index (κ2) is 8.92. The summed E-state index contributed by atoms with van der Waals surface area (Å²) in [4.78, 5) is 12.3. The highest BCUT2D eigenvalue weighted by molar-refractivity contribution is 9.10. The molecule has 1 amide bonds. The molecule has 2 aromatic carbocycles. The Kier molecular flexibility index (Phi) is 6.64. The van der Waals surface area contributed by atoms with Crippen LogP contribution in [0.3, 0.4) is 0 Å². The van der Waals surface area contributed by atoms with Gasteiger partial charge in [-0.15, -0.1) is 0 Å². The molecule has 0 bridgehead atoms. The first-order valence-corrected chi connectivity index (χ1v) is 8.37. The number of carbonyl (C=O) groups excluding carboxylic acids is 1. The summed E-state index contributed by atoms with van der Waals surface area (Å²) in [7, 11) is 3.00. The van der Waals surface area contributed by atoms with Crippen molar-refractivity contribution in [2.24, 2.45) is 0 Å². The molecule has 7 heteroatoms. The Bertz CT molecular complexity index is 870. The van der Waals surface area contributed by atoms with Crippen molar-refractivity contribution >= 4 is 27.9 Å². The zero-order valence-electron chi connectivity index (χ0n) is 14.2. The zero-order chi connectivity index (χ0) is 19.1. The minimum atomic E-state index is -0.498. The Morgan fingerprint density at radius 2 is 1.96 bits per heavy atom. The Morgan fingerprint density at radius 3 is 2.54 bits per heavy atom. The molecule has 0 saturated carbocycles. The molecule has 0 unspecified atom stereocenters. The summed E-state index contributed by atoms with van der Waals surface area (Å²) in [6.45, 7) is 0.280. The minimum absolute atomic E-state index is 0.0426. The highest BCUT2D eigenvalue weighted by Gasteiger charge is 2.12. The third-order valence-electron chi connectivity index (χ3n) is 3.58. The normalized spacial score (nSPS) is 10.8. The molecule has 0 spiro atoms. The van der Waals surface area contributed by atoms with Crippen LogP contribution in [0.1, 0.15) is 11.1 Å². The molecule has 2 N–H and O–H groups in total. The lowest BCUT2D eigenvalue weighted by molar-refractivity contribution is -0.117. The monoisotopic (exact) mass is 416 g/mol. The Labute approximate surface area is 159 Å². The number of benzene rings is 2. The van der Waals surface area contributed by atoms with Gasteiger partial charge in [0.15, 0.2) is 11.5 Å². The van der Waals surface area contributed by atoms with Gasteiger partial charge in [-0.25, -0.2) is 0 Å². The van der Waals surface area contributed by atoms with Crippen molar-refractivity contribution in [2.45, 2.75) is 6.54 Å². The van der Waals surface area contributed by atoms with Gasteiger partial charge in [-0.05, 0) is 41.5 Å². The lowest BCUT2D eigenvalue weighted by atomic mass is 10.1. The number of nitriles is 1. The summed E-state index contributed by atoms with van der Waals surface area (Å²) >= 11 is 3.29. The number of hydrogen-bond donors (Lipinski definition) is 2. The molecule has 0 aliphatic heterocycles. The molecule has 0 fully saturated rings. The minimum Gasteiger partial charge on any atom is -0.504 e. The topological polar surface area (TPSA) is 91.6 Å². The van der Waals surface area contributed by atoms with Crippen molar-refractivity contribution in [1.29, 1.82) is 5.26 Å². The summed E-state index contributed by atoms with van der Waals surface area (Å²) in [5.41, 5.74) is 1.35. The van der Waals surface area contributed by atoms with E-state index < -0.39 is 5.91 Å². The Hall–Kier alpha value is -2.98. The second-order valence-electron chi connectivity index (χ2n) is 5.25. The van der Waals surface area contributed by atoms with Crippen LogP contribution in [-0.2, 0) is 11.3 Å². The molecule has 2 aromatic rings. The van der Waals surface area contributed by atoms with Gasteiger partial charge in [0.25, 0.3) is 5.91 Å². The van der Waals surface area contributed by atoms with Crippen LogP contribution in [-0.4, -0.2) is 25.2 Å². The first kappa shape index (κ1) is 19.3. The molecule has 0 aliphatic carbocycles. The molecule has 0 heterocycles. The molecular formula is C19H17BrN2O4. The fourth-order valence-electron chi connectivity index (χ4n) is 2.16. The number of ether oxygens (including phenoxy) is 2. The van der Waals surface area contributed by atoms with E-state index in [0.717, 1.165) is 11.3 Å². The van der Waals surface area contributed by atoms with E-state index in [0.29, 0.717) is 10.0 Å².